The molecule has 0 aromatic rings. The lowest BCUT2D eigenvalue weighted by Crippen LogP contribution is -2.30. The van der Waals surface area contributed by atoms with Gasteiger partial charge in [-0.15, -0.1) is 0 Å². The molecule has 98 valence electrons. The Hall–Kier alpha value is -0.0800. The van der Waals surface area contributed by atoms with Gasteiger partial charge in [0.05, 0.1) is 17.8 Å². The molecule has 2 saturated carbocycles. The Kier molecular flexibility index (Phi) is 2.99. The van der Waals surface area contributed by atoms with Gasteiger partial charge in [-0.3, -0.25) is 0 Å². The highest BCUT2D eigenvalue weighted by Crippen LogP contribution is 2.53. The van der Waals surface area contributed by atoms with Crippen molar-refractivity contribution in [2.75, 3.05) is 0 Å². The van der Waals surface area contributed by atoms with Gasteiger partial charge in [-0.25, -0.2) is 0 Å². The predicted octanol–water partition coefficient (Wildman–Crippen LogP) is 3.13. The van der Waals surface area contributed by atoms with Crippen LogP contribution in [0.4, 0.5) is 0 Å². The standard InChI is InChI=1S/C15H26O2/c1-10-7-12(9-15(2)14(10)17-15)8-11-3-5-13(16)6-4-11/h10-14,16H,3-9H2,1-2H3. The third-order valence-corrected chi connectivity index (χ3v) is 5.34. The van der Waals surface area contributed by atoms with Crippen LogP contribution in [-0.4, -0.2) is 22.9 Å². The quantitative estimate of drug-likeness (QED) is 0.750. The molecule has 4 atom stereocenters. The predicted molar refractivity (Wildman–Crippen MR) is 67.7 cm³/mol. The summed E-state index contributed by atoms with van der Waals surface area (Å²) in [6.45, 7) is 4.65. The minimum Gasteiger partial charge on any atom is -0.393 e. The first-order chi connectivity index (χ1) is 8.07. The number of epoxide rings is 1. The van der Waals surface area contributed by atoms with Gasteiger partial charge in [-0.1, -0.05) is 6.92 Å². The second-order valence-corrected chi connectivity index (χ2v) is 7.04. The van der Waals surface area contributed by atoms with Crippen molar-refractivity contribution in [2.45, 2.75) is 76.6 Å². The molecular formula is C15H26O2. The van der Waals surface area contributed by atoms with Gasteiger partial charge in [0.15, 0.2) is 0 Å². The minimum absolute atomic E-state index is 0.00908. The van der Waals surface area contributed by atoms with E-state index >= 15 is 0 Å². The lowest BCUT2D eigenvalue weighted by Gasteiger charge is -2.33. The molecule has 2 heteroatoms. The van der Waals surface area contributed by atoms with Crippen LogP contribution < -0.4 is 0 Å². The average Bonchev–Trinajstić information content (AvgIpc) is 2.94. The largest absolute Gasteiger partial charge is 0.393 e. The Morgan fingerprint density at radius 3 is 2.53 bits per heavy atom. The van der Waals surface area contributed by atoms with E-state index in [0.717, 1.165) is 30.6 Å². The fraction of sp³-hybridized carbons (Fsp3) is 1.00. The maximum absolute atomic E-state index is 9.54. The smallest absolute Gasteiger partial charge is 0.0925 e. The zero-order valence-corrected chi connectivity index (χ0v) is 11.2. The molecular weight excluding hydrogens is 212 g/mol. The van der Waals surface area contributed by atoms with Crippen LogP contribution >= 0.6 is 0 Å². The van der Waals surface area contributed by atoms with Crippen LogP contribution in [0.5, 0.6) is 0 Å². The molecule has 3 aliphatic rings. The maximum atomic E-state index is 9.54. The van der Waals surface area contributed by atoms with Crippen LogP contribution in [0.25, 0.3) is 0 Å². The summed E-state index contributed by atoms with van der Waals surface area (Å²) in [5.41, 5.74) is 0.233. The third-order valence-electron chi connectivity index (χ3n) is 5.34. The molecule has 0 amide bonds. The van der Waals surface area contributed by atoms with Gasteiger partial charge >= 0.3 is 0 Å². The van der Waals surface area contributed by atoms with E-state index in [-0.39, 0.29) is 11.7 Å². The van der Waals surface area contributed by atoms with Crippen molar-refractivity contribution in [3.8, 4) is 0 Å². The fourth-order valence-corrected chi connectivity index (χ4v) is 4.48. The van der Waals surface area contributed by atoms with Crippen molar-refractivity contribution in [3.63, 3.8) is 0 Å². The topological polar surface area (TPSA) is 32.8 Å². The Balaban J connectivity index is 1.52. The van der Waals surface area contributed by atoms with Crippen molar-refractivity contribution in [1.29, 1.82) is 0 Å². The van der Waals surface area contributed by atoms with Crippen molar-refractivity contribution < 1.29 is 9.84 Å². The number of aliphatic hydroxyl groups is 1. The first-order valence-corrected chi connectivity index (χ1v) is 7.43. The van der Waals surface area contributed by atoms with E-state index in [1.165, 1.54) is 32.1 Å². The Labute approximate surface area is 105 Å². The van der Waals surface area contributed by atoms with Gasteiger partial charge in [0.1, 0.15) is 0 Å². The fourth-order valence-electron chi connectivity index (χ4n) is 4.48. The van der Waals surface area contributed by atoms with Gasteiger partial charge in [0.2, 0.25) is 0 Å². The summed E-state index contributed by atoms with van der Waals surface area (Å²) in [7, 11) is 0. The molecule has 1 saturated heterocycles. The molecule has 0 radical (unpaired) electrons. The SMILES string of the molecule is CC1CC(CC2CCC(O)CC2)CC2(C)OC12. The molecule has 17 heavy (non-hydrogen) atoms. The Morgan fingerprint density at radius 2 is 1.88 bits per heavy atom. The molecule has 0 spiro atoms. The molecule has 1 heterocycles. The van der Waals surface area contributed by atoms with Crippen molar-refractivity contribution in [3.05, 3.63) is 0 Å². The van der Waals surface area contributed by atoms with Crippen LogP contribution in [0.2, 0.25) is 0 Å². The zero-order valence-electron chi connectivity index (χ0n) is 11.2. The average molecular weight is 238 g/mol. The summed E-state index contributed by atoms with van der Waals surface area (Å²) in [4.78, 5) is 0. The van der Waals surface area contributed by atoms with Crippen molar-refractivity contribution in [1.82, 2.24) is 0 Å². The van der Waals surface area contributed by atoms with Gasteiger partial charge in [-0.05, 0) is 69.6 Å². The second kappa shape index (κ2) is 4.24. The normalized spacial score (nSPS) is 54.2. The third kappa shape index (κ3) is 2.39. The highest BCUT2D eigenvalue weighted by molar-refractivity contribution is 5.06. The van der Waals surface area contributed by atoms with E-state index in [2.05, 4.69) is 13.8 Å². The first kappa shape index (κ1) is 12.0. The molecule has 2 aliphatic carbocycles. The van der Waals surface area contributed by atoms with E-state index < -0.39 is 0 Å². The number of hydrogen-bond donors (Lipinski definition) is 1. The molecule has 0 bridgehead atoms. The van der Waals surface area contributed by atoms with Crippen molar-refractivity contribution >= 4 is 0 Å². The Bertz CT molecular complexity index is 283. The lowest BCUT2D eigenvalue weighted by atomic mass is 9.71. The molecule has 3 fully saturated rings. The maximum Gasteiger partial charge on any atom is 0.0925 e. The molecule has 1 aliphatic heterocycles. The first-order valence-electron chi connectivity index (χ1n) is 7.43. The molecule has 1 N–H and O–H groups in total. The van der Waals surface area contributed by atoms with E-state index in [1.807, 2.05) is 0 Å². The highest BCUT2D eigenvalue weighted by Gasteiger charge is 2.58. The molecule has 4 unspecified atom stereocenters. The Morgan fingerprint density at radius 1 is 1.18 bits per heavy atom. The molecule has 3 rings (SSSR count). The second-order valence-electron chi connectivity index (χ2n) is 7.04. The van der Waals surface area contributed by atoms with Crippen LogP contribution in [0.3, 0.4) is 0 Å². The van der Waals surface area contributed by atoms with Gasteiger partial charge < -0.3 is 9.84 Å². The summed E-state index contributed by atoms with van der Waals surface area (Å²) < 4.78 is 5.87. The number of rotatable bonds is 2. The van der Waals surface area contributed by atoms with E-state index in [1.54, 1.807) is 0 Å². The lowest BCUT2D eigenvalue weighted by molar-refractivity contribution is 0.0959. The molecule has 0 aromatic carbocycles. The van der Waals surface area contributed by atoms with Crippen LogP contribution in [-0.2, 0) is 4.74 Å². The summed E-state index contributed by atoms with van der Waals surface area (Å²) in [5, 5.41) is 9.54. The molecule has 0 aromatic heterocycles. The monoisotopic (exact) mass is 238 g/mol. The van der Waals surface area contributed by atoms with Crippen LogP contribution in [0.15, 0.2) is 0 Å². The van der Waals surface area contributed by atoms with Crippen molar-refractivity contribution in [2.24, 2.45) is 17.8 Å². The van der Waals surface area contributed by atoms with E-state index in [4.69, 9.17) is 4.74 Å². The summed E-state index contributed by atoms with van der Waals surface area (Å²) in [6, 6.07) is 0. The zero-order chi connectivity index (χ0) is 12.0. The number of hydrogen-bond acceptors (Lipinski definition) is 2. The summed E-state index contributed by atoms with van der Waals surface area (Å²) >= 11 is 0. The summed E-state index contributed by atoms with van der Waals surface area (Å²) in [5.74, 6) is 2.50. The van der Waals surface area contributed by atoms with E-state index in [0.29, 0.717) is 6.10 Å². The summed E-state index contributed by atoms with van der Waals surface area (Å²) in [6.07, 6.45) is 9.12. The van der Waals surface area contributed by atoms with Gasteiger partial charge in [0.25, 0.3) is 0 Å². The van der Waals surface area contributed by atoms with Crippen LogP contribution in [0, 0.1) is 17.8 Å². The number of aliphatic hydroxyl groups excluding tert-OH is 1. The number of fused-ring (bicyclic) bond motifs is 1. The number of ether oxygens (including phenoxy) is 1. The van der Waals surface area contributed by atoms with Crippen LogP contribution in [0.1, 0.15) is 58.8 Å². The van der Waals surface area contributed by atoms with Gasteiger partial charge in [-0.2, -0.15) is 0 Å². The highest BCUT2D eigenvalue weighted by atomic mass is 16.6. The van der Waals surface area contributed by atoms with E-state index in [9.17, 15) is 5.11 Å². The molecule has 2 nitrogen and oxygen atoms in total. The van der Waals surface area contributed by atoms with Gasteiger partial charge in [0, 0.05) is 0 Å². The minimum atomic E-state index is -0.00908.